The summed E-state index contributed by atoms with van der Waals surface area (Å²) >= 11 is 0. The number of anilines is 2. The molecule has 0 bridgehead atoms. The highest BCUT2D eigenvalue weighted by atomic mass is 16.5. The first-order valence-corrected chi connectivity index (χ1v) is 4.78. The number of aromatic nitrogens is 3. The summed E-state index contributed by atoms with van der Waals surface area (Å²) in [6.07, 6.45) is 0. The van der Waals surface area contributed by atoms with Crippen LogP contribution < -0.4 is 16.2 Å². The van der Waals surface area contributed by atoms with E-state index in [4.69, 9.17) is 16.2 Å². The van der Waals surface area contributed by atoms with Gasteiger partial charge in [-0.3, -0.25) is 0 Å². The van der Waals surface area contributed by atoms with Crippen LogP contribution in [0.25, 0.3) is 0 Å². The van der Waals surface area contributed by atoms with Crippen molar-refractivity contribution in [3.05, 3.63) is 29.8 Å². The number of methoxy groups -OCH3 is 1. The fourth-order valence-corrected chi connectivity index (χ4v) is 1.39. The third-order valence-electron chi connectivity index (χ3n) is 2.21. The minimum Gasteiger partial charge on any atom is -0.497 e. The van der Waals surface area contributed by atoms with E-state index in [9.17, 15) is 0 Å². The van der Waals surface area contributed by atoms with Gasteiger partial charge in [0.05, 0.1) is 13.7 Å². The van der Waals surface area contributed by atoms with Crippen molar-refractivity contribution >= 4 is 11.9 Å². The van der Waals surface area contributed by atoms with E-state index in [1.54, 1.807) is 11.8 Å². The van der Waals surface area contributed by atoms with Crippen LogP contribution in [0.1, 0.15) is 5.56 Å². The molecule has 0 spiro atoms. The molecule has 84 valence electrons. The molecule has 0 saturated carbocycles. The molecule has 0 fully saturated rings. The number of nitrogens with two attached hydrogens (primary N) is 2. The Morgan fingerprint density at radius 3 is 2.44 bits per heavy atom. The largest absolute Gasteiger partial charge is 0.497 e. The molecule has 2 aromatic rings. The summed E-state index contributed by atoms with van der Waals surface area (Å²) in [5, 5.41) is 3.98. The van der Waals surface area contributed by atoms with Gasteiger partial charge in [0.2, 0.25) is 11.9 Å². The second kappa shape index (κ2) is 4.09. The standard InChI is InChI=1S/C10H13N5O/c1-16-8-4-2-7(3-5-8)6-15-10(12)13-9(11)14-15/h2-5H,6H2,1H3,(H4,11,12,13,14). The van der Waals surface area contributed by atoms with Crippen molar-refractivity contribution in [2.75, 3.05) is 18.6 Å². The molecule has 16 heavy (non-hydrogen) atoms. The average molecular weight is 219 g/mol. The molecule has 1 heterocycles. The van der Waals surface area contributed by atoms with Gasteiger partial charge < -0.3 is 16.2 Å². The molecule has 0 aliphatic carbocycles. The highest BCUT2D eigenvalue weighted by Gasteiger charge is 2.04. The van der Waals surface area contributed by atoms with E-state index in [-0.39, 0.29) is 5.95 Å². The van der Waals surface area contributed by atoms with Crippen LogP contribution in [0.2, 0.25) is 0 Å². The number of benzene rings is 1. The second-order valence-corrected chi connectivity index (χ2v) is 3.33. The minimum atomic E-state index is 0.186. The maximum Gasteiger partial charge on any atom is 0.241 e. The van der Waals surface area contributed by atoms with E-state index < -0.39 is 0 Å². The molecule has 1 aromatic carbocycles. The molecule has 1 aromatic heterocycles. The van der Waals surface area contributed by atoms with Gasteiger partial charge in [-0.15, -0.1) is 5.10 Å². The molecule has 0 saturated heterocycles. The van der Waals surface area contributed by atoms with Crippen molar-refractivity contribution in [1.82, 2.24) is 14.8 Å². The predicted octanol–water partition coefficient (Wildman–Crippen LogP) is 0.499. The molecule has 0 aliphatic heterocycles. The molecule has 0 aliphatic rings. The number of nitrogens with zero attached hydrogens (tertiary/aromatic N) is 3. The lowest BCUT2D eigenvalue weighted by Gasteiger charge is -2.04. The van der Waals surface area contributed by atoms with Crippen molar-refractivity contribution in [2.24, 2.45) is 0 Å². The van der Waals surface area contributed by atoms with Crippen LogP contribution in [0.4, 0.5) is 11.9 Å². The Hall–Kier alpha value is -2.24. The Kier molecular flexibility index (Phi) is 2.63. The smallest absolute Gasteiger partial charge is 0.241 e. The summed E-state index contributed by atoms with van der Waals surface area (Å²) < 4.78 is 6.62. The van der Waals surface area contributed by atoms with Crippen molar-refractivity contribution in [3.8, 4) is 5.75 Å². The number of rotatable bonds is 3. The van der Waals surface area contributed by atoms with Crippen molar-refractivity contribution in [2.45, 2.75) is 6.54 Å². The lowest BCUT2D eigenvalue weighted by atomic mass is 10.2. The van der Waals surface area contributed by atoms with Gasteiger partial charge in [0, 0.05) is 0 Å². The average Bonchev–Trinajstić information content (AvgIpc) is 2.59. The van der Waals surface area contributed by atoms with Gasteiger partial charge >= 0.3 is 0 Å². The summed E-state index contributed by atoms with van der Waals surface area (Å²) in [7, 11) is 1.63. The van der Waals surface area contributed by atoms with Crippen LogP contribution in [-0.4, -0.2) is 21.9 Å². The molecule has 0 amide bonds. The van der Waals surface area contributed by atoms with Gasteiger partial charge in [-0.1, -0.05) is 12.1 Å². The highest BCUT2D eigenvalue weighted by Crippen LogP contribution is 2.13. The fourth-order valence-electron chi connectivity index (χ4n) is 1.39. The first-order chi connectivity index (χ1) is 7.69. The van der Waals surface area contributed by atoms with Crippen molar-refractivity contribution in [3.63, 3.8) is 0 Å². The quantitative estimate of drug-likeness (QED) is 0.784. The fraction of sp³-hybridized carbons (Fsp3) is 0.200. The Balaban J connectivity index is 2.17. The van der Waals surface area contributed by atoms with Gasteiger partial charge in [-0.05, 0) is 17.7 Å². The summed E-state index contributed by atoms with van der Waals surface area (Å²) in [6, 6.07) is 7.64. The van der Waals surface area contributed by atoms with E-state index in [0.29, 0.717) is 12.5 Å². The zero-order chi connectivity index (χ0) is 11.5. The zero-order valence-electron chi connectivity index (χ0n) is 8.92. The monoisotopic (exact) mass is 219 g/mol. The van der Waals surface area contributed by atoms with E-state index in [2.05, 4.69) is 10.1 Å². The van der Waals surface area contributed by atoms with Gasteiger partial charge in [-0.2, -0.15) is 4.98 Å². The SMILES string of the molecule is COc1ccc(Cn2nc(N)nc2N)cc1. The number of ether oxygens (including phenoxy) is 1. The lowest BCUT2D eigenvalue weighted by molar-refractivity contribution is 0.414. The third kappa shape index (κ3) is 2.05. The maximum atomic E-state index is 5.63. The van der Waals surface area contributed by atoms with Crippen LogP contribution in [0.5, 0.6) is 5.75 Å². The van der Waals surface area contributed by atoms with Gasteiger partial charge in [0.1, 0.15) is 5.75 Å². The summed E-state index contributed by atoms with van der Waals surface area (Å²) in [5.41, 5.74) is 12.1. The van der Waals surface area contributed by atoms with Crippen LogP contribution in [-0.2, 0) is 6.54 Å². The second-order valence-electron chi connectivity index (χ2n) is 3.33. The van der Waals surface area contributed by atoms with E-state index >= 15 is 0 Å². The van der Waals surface area contributed by atoms with E-state index in [1.165, 1.54) is 0 Å². The van der Waals surface area contributed by atoms with Gasteiger partial charge in [0.25, 0.3) is 0 Å². The van der Waals surface area contributed by atoms with Crippen LogP contribution in [0, 0.1) is 0 Å². The molecule has 0 unspecified atom stereocenters. The molecular formula is C10H13N5O. The molecule has 6 heteroatoms. The topological polar surface area (TPSA) is 92.0 Å². The predicted molar refractivity (Wildman–Crippen MR) is 60.9 cm³/mol. The van der Waals surface area contributed by atoms with Crippen LogP contribution in [0.15, 0.2) is 24.3 Å². The van der Waals surface area contributed by atoms with E-state index in [0.717, 1.165) is 11.3 Å². The lowest BCUT2D eigenvalue weighted by Crippen LogP contribution is -2.06. The highest BCUT2D eigenvalue weighted by molar-refractivity contribution is 5.30. The normalized spacial score (nSPS) is 10.3. The Morgan fingerprint density at radius 1 is 1.25 bits per heavy atom. The summed E-state index contributed by atoms with van der Waals surface area (Å²) in [5.74, 6) is 1.31. The van der Waals surface area contributed by atoms with Crippen LogP contribution in [0.3, 0.4) is 0 Å². The number of hydrogen-bond donors (Lipinski definition) is 2. The van der Waals surface area contributed by atoms with Crippen LogP contribution >= 0.6 is 0 Å². The first kappa shape index (κ1) is 10.3. The third-order valence-corrected chi connectivity index (χ3v) is 2.21. The zero-order valence-corrected chi connectivity index (χ0v) is 8.92. The Labute approximate surface area is 92.8 Å². The van der Waals surface area contributed by atoms with Crippen molar-refractivity contribution in [1.29, 1.82) is 0 Å². The molecular weight excluding hydrogens is 206 g/mol. The molecule has 0 radical (unpaired) electrons. The molecule has 0 atom stereocenters. The van der Waals surface area contributed by atoms with E-state index in [1.807, 2.05) is 24.3 Å². The molecule has 6 nitrogen and oxygen atoms in total. The molecule has 4 N–H and O–H groups in total. The number of nitrogen functional groups attached to an aromatic ring is 2. The summed E-state index contributed by atoms with van der Waals surface area (Å²) in [6.45, 7) is 0.542. The first-order valence-electron chi connectivity index (χ1n) is 4.78. The number of hydrogen-bond acceptors (Lipinski definition) is 5. The van der Waals surface area contributed by atoms with Gasteiger partial charge in [0.15, 0.2) is 0 Å². The summed E-state index contributed by atoms with van der Waals surface area (Å²) in [4.78, 5) is 3.82. The van der Waals surface area contributed by atoms with Gasteiger partial charge in [-0.25, -0.2) is 4.68 Å². The molecule has 2 rings (SSSR count). The Bertz CT molecular complexity index is 476. The Morgan fingerprint density at radius 2 is 1.94 bits per heavy atom. The minimum absolute atomic E-state index is 0.186. The maximum absolute atomic E-state index is 5.63. The van der Waals surface area contributed by atoms with Crippen molar-refractivity contribution < 1.29 is 4.74 Å².